The Balaban J connectivity index is 1.62. The Hall–Kier alpha value is -1.35. The third-order valence-corrected chi connectivity index (χ3v) is 3.82. The van der Waals surface area contributed by atoms with Gasteiger partial charge in [0.05, 0.1) is 6.04 Å². The molecule has 0 bridgehead atoms. The molecule has 1 unspecified atom stereocenters. The van der Waals surface area contributed by atoms with Crippen LogP contribution in [0.5, 0.6) is 0 Å². The molecule has 18 heavy (non-hydrogen) atoms. The van der Waals surface area contributed by atoms with Crippen molar-refractivity contribution in [2.45, 2.75) is 51.1 Å². The lowest BCUT2D eigenvalue weighted by atomic mass is 10.1. The minimum Gasteiger partial charge on any atom is -0.325 e. The number of hydrogen-bond donors (Lipinski definition) is 2. The summed E-state index contributed by atoms with van der Waals surface area (Å²) in [5, 5.41) is 6.32. The van der Waals surface area contributed by atoms with Crippen molar-refractivity contribution in [3.63, 3.8) is 0 Å². The highest BCUT2D eigenvalue weighted by atomic mass is 16.2. The Morgan fingerprint density at radius 2 is 2.06 bits per heavy atom. The molecular weight excluding hydrogens is 224 g/mol. The average molecular weight is 244 g/mol. The fourth-order valence-electron chi connectivity index (χ4n) is 2.58. The van der Waals surface area contributed by atoms with Crippen LogP contribution in [0.1, 0.15) is 37.3 Å². The van der Waals surface area contributed by atoms with Crippen LogP contribution in [0.25, 0.3) is 0 Å². The number of rotatable bonds is 4. The first-order valence-corrected chi connectivity index (χ1v) is 6.91. The number of carbonyl (C=O) groups excluding carboxylic acids is 1. The molecular formula is C15H20N2O. The first-order valence-electron chi connectivity index (χ1n) is 6.91. The number of carbonyl (C=O) groups is 1. The van der Waals surface area contributed by atoms with E-state index in [1.165, 1.54) is 36.8 Å². The molecule has 0 heterocycles. The van der Waals surface area contributed by atoms with Gasteiger partial charge in [-0.05, 0) is 62.3 Å². The van der Waals surface area contributed by atoms with Crippen molar-refractivity contribution in [1.29, 1.82) is 0 Å². The highest BCUT2D eigenvalue weighted by Gasteiger charge is 2.25. The van der Waals surface area contributed by atoms with Gasteiger partial charge in [0, 0.05) is 11.7 Å². The number of amides is 1. The van der Waals surface area contributed by atoms with Gasteiger partial charge >= 0.3 is 0 Å². The van der Waals surface area contributed by atoms with Gasteiger partial charge < -0.3 is 10.6 Å². The third-order valence-electron chi connectivity index (χ3n) is 3.82. The highest BCUT2D eigenvalue weighted by molar-refractivity contribution is 5.94. The molecule has 3 nitrogen and oxygen atoms in total. The number of aryl methyl sites for hydroxylation is 2. The Bertz CT molecular complexity index is 466. The zero-order chi connectivity index (χ0) is 12.5. The summed E-state index contributed by atoms with van der Waals surface area (Å²) in [6, 6.07) is 6.75. The SMILES string of the molecule is CC(NC1CC1)C(=O)Nc1ccc2c(c1)CCC2. The first-order chi connectivity index (χ1) is 8.72. The first kappa shape index (κ1) is 11.7. The van der Waals surface area contributed by atoms with Crippen molar-refractivity contribution in [2.24, 2.45) is 0 Å². The Morgan fingerprint density at radius 1 is 1.28 bits per heavy atom. The van der Waals surface area contributed by atoms with Crippen LogP contribution in [-0.2, 0) is 17.6 Å². The number of fused-ring (bicyclic) bond motifs is 1. The summed E-state index contributed by atoms with van der Waals surface area (Å²) in [4.78, 5) is 12.0. The van der Waals surface area contributed by atoms with Gasteiger partial charge in [0.2, 0.25) is 5.91 Å². The zero-order valence-corrected chi connectivity index (χ0v) is 10.8. The quantitative estimate of drug-likeness (QED) is 0.853. The van der Waals surface area contributed by atoms with Crippen molar-refractivity contribution in [3.05, 3.63) is 29.3 Å². The standard InChI is InChI=1S/C15H20N2O/c1-10(16-13-7-8-13)15(18)17-14-6-5-11-3-2-4-12(11)9-14/h5-6,9-10,13,16H,2-4,7-8H2,1H3,(H,17,18). The summed E-state index contributed by atoms with van der Waals surface area (Å²) >= 11 is 0. The van der Waals surface area contributed by atoms with E-state index in [4.69, 9.17) is 0 Å². The van der Waals surface area contributed by atoms with E-state index in [1.807, 2.05) is 13.0 Å². The van der Waals surface area contributed by atoms with Crippen molar-refractivity contribution >= 4 is 11.6 Å². The molecule has 3 heteroatoms. The molecule has 2 N–H and O–H groups in total. The van der Waals surface area contributed by atoms with Crippen molar-refractivity contribution in [2.75, 3.05) is 5.32 Å². The molecule has 0 spiro atoms. The van der Waals surface area contributed by atoms with E-state index in [-0.39, 0.29) is 11.9 Å². The summed E-state index contributed by atoms with van der Waals surface area (Å²) in [5.41, 5.74) is 3.78. The van der Waals surface area contributed by atoms with Gasteiger partial charge in [-0.2, -0.15) is 0 Å². The molecule has 1 aromatic carbocycles. The minimum absolute atomic E-state index is 0.0693. The second kappa shape index (κ2) is 4.73. The van der Waals surface area contributed by atoms with Crippen LogP contribution in [-0.4, -0.2) is 18.0 Å². The monoisotopic (exact) mass is 244 g/mol. The number of hydrogen-bond acceptors (Lipinski definition) is 2. The van der Waals surface area contributed by atoms with Crippen LogP contribution >= 0.6 is 0 Å². The fraction of sp³-hybridized carbons (Fsp3) is 0.533. The van der Waals surface area contributed by atoms with Gasteiger partial charge in [-0.3, -0.25) is 4.79 Å². The second-order valence-corrected chi connectivity index (χ2v) is 5.49. The summed E-state index contributed by atoms with van der Waals surface area (Å²) in [7, 11) is 0. The minimum atomic E-state index is -0.106. The molecule has 0 radical (unpaired) electrons. The molecule has 0 aromatic heterocycles. The van der Waals surface area contributed by atoms with Crippen LogP contribution in [0.2, 0.25) is 0 Å². The van der Waals surface area contributed by atoms with E-state index in [1.54, 1.807) is 0 Å². The lowest BCUT2D eigenvalue weighted by Crippen LogP contribution is -2.39. The Kier molecular flexibility index (Phi) is 3.08. The lowest BCUT2D eigenvalue weighted by molar-refractivity contribution is -0.117. The van der Waals surface area contributed by atoms with Gasteiger partial charge in [0.1, 0.15) is 0 Å². The number of nitrogens with one attached hydrogen (secondary N) is 2. The van der Waals surface area contributed by atoms with Crippen LogP contribution in [0.4, 0.5) is 5.69 Å². The summed E-state index contributed by atoms with van der Waals surface area (Å²) in [6.07, 6.45) is 5.98. The van der Waals surface area contributed by atoms with E-state index < -0.39 is 0 Å². The lowest BCUT2D eigenvalue weighted by Gasteiger charge is -2.14. The van der Waals surface area contributed by atoms with Crippen LogP contribution in [0.15, 0.2) is 18.2 Å². The molecule has 2 aliphatic rings. The van der Waals surface area contributed by atoms with Gasteiger partial charge in [-0.25, -0.2) is 0 Å². The van der Waals surface area contributed by atoms with Gasteiger partial charge in [0.25, 0.3) is 0 Å². The topological polar surface area (TPSA) is 41.1 Å². The van der Waals surface area contributed by atoms with Crippen LogP contribution in [0.3, 0.4) is 0 Å². The Labute approximate surface area is 108 Å². The van der Waals surface area contributed by atoms with Gasteiger partial charge in [0.15, 0.2) is 0 Å². The summed E-state index contributed by atoms with van der Waals surface area (Å²) < 4.78 is 0. The van der Waals surface area contributed by atoms with E-state index in [0.29, 0.717) is 6.04 Å². The maximum absolute atomic E-state index is 12.0. The van der Waals surface area contributed by atoms with Gasteiger partial charge in [-0.1, -0.05) is 6.07 Å². The van der Waals surface area contributed by atoms with Crippen molar-refractivity contribution in [1.82, 2.24) is 5.32 Å². The molecule has 1 atom stereocenters. The molecule has 96 valence electrons. The molecule has 1 fully saturated rings. The molecule has 1 amide bonds. The second-order valence-electron chi connectivity index (χ2n) is 5.49. The van der Waals surface area contributed by atoms with Crippen LogP contribution in [0, 0.1) is 0 Å². The zero-order valence-electron chi connectivity index (χ0n) is 10.8. The maximum atomic E-state index is 12.0. The maximum Gasteiger partial charge on any atom is 0.241 e. The summed E-state index contributed by atoms with van der Waals surface area (Å²) in [6.45, 7) is 1.93. The smallest absolute Gasteiger partial charge is 0.241 e. The predicted octanol–water partition coefficient (Wildman–Crippen LogP) is 2.25. The molecule has 1 aromatic rings. The largest absolute Gasteiger partial charge is 0.325 e. The van der Waals surface area contributed by atoms with Crippen molar-refractivity contribution < 1.29 is 4.79 Å². The molecule has 1 saturated carbocycles. The fourth-order valence-corrected chi connectivity index (χ4v) is 2.58. The molecule has 3 rings (SSSR count). The van der Waals surface area contributed by atoms with Crippen molar-refractivity contribution in [3.8, 4) is 0 Å². The summed E-state index contributed by atoms with van der Waals surface area (Å²) in [5.74, 6) is 0.0693. The third kappa shape index (κ3) is 2.56. The van der Waals surface area contributed by atoms with E-state index in [0.717, 1.165) is 12.1 Å². The average Bonchev–Trinajstić information content (AvgIpc) is 3.05. The molecule has 0 saturated heterocycles. The van der Waals surface area contributed by atoms with E-state index in [9.17, 15) is 4.79 Å². The van der Waals surface area contributed by atoms with E-state index >= 15 is 0 Å². The highest BCUT2D eigenvalue weighted by Crippen LogP contribution is 2.25. The molecule has 0 aliphatic heterocycles. The Morgan fingerprint density at radius 3 is 2.83 bits per heavy atom. The predicted molar refractivity (Wildman–Crippen MR) is 72.7 cm³/mol. The van der Waals surface area contributed by atoms with E-state index in [2.05, 4.69) is 22.8 Å². The molecule has 2 aliphatic carbocycles. The van der Waals surface area contributed by atoms with Gasteiger partial charge in [-0.15, -0.1) is 0 Å². The number of anilines is 1. The number of benzene rings is 1. The normalized spacial score (nSPS) is 19.4. The van der Waals surface area contributed by atoms with Crippen LogP contribution < -0.4 is 10.6 Å².